The average Bonchev–Trinajstić information content (AvgIpc) is 2.53. The molecule has 0 fully saturated rings. The van der Waals surface area contributed by atoms with Gasteiger partial charge in [0, 0.05) is 25.3 Å². The predicted octanol–water partition coefficient (Wildman–Crippen LogP) is 2.72. The van der Waals surface area contributed by atoms with Crippen molar-refractivity contribution in [3.05, 3.63) is 28.8 Å². The van der Waals surface area contributed by atoms with Crippen LogP contribution in [-0.4, -0.2) is 30.8 Å². The van der Waals surface area contributed by atoms with Crippen molar-refractivity contribution in [1.82, 2.24) is 5.32 Å². The third kappa shape index (κ3) is 6.18. The topological polar surface area (TPSA) is 79.9 Å². The first kappa shape index (κ1) is 20.0. The van der Waals surface area contributed by atoms with E-state index in [1.807, 2.05) is 13.0 Å². The molecule has 0 saturated heterocycles. The van der Waals surface area contributed by atoms with Crippen molar-refractivity contribution in [2.24, 2.45) is 10.7 Å². The molecule has 1 aliphatic rings. The maximum atomic E-state index is 10.1. The minimum atomic E-state index is 0. The molecule has 23 heavy (non-hydrogen) atoms. The van der Waals surface area contributed by atoms with Crippen molar-refractivity contribution in [3.8, 4) is 5.75 Å². The van der Waals surface area contributed by atoms with Crippen molar-refractivity contribution >= 4 is 29.9 Å². The molecule has 1 aromatic carbocycles. The van der Waals surface area contributed by atoms with Crippen LogP contribution in [0.15, 0.2) is 17.1 Å². The summed E-state index contributed by atoms with van der Waals surface area (Å²) in [6, 6.07) is 3.81. The lowest BCUT2D eigenvalue weighted by Gasteiger charge is -2.19. The number of phenolic OH excluding ortho intramolecular Hbond substituents is 1. The minimum Gasteiger partial charge on any atom is -0.508 e. The predicted molar refractivity (Wildman–Crippen MR) is 105 cm³/mol. The van der Waals surface area contributed by atoms with Gasteiger partial charge >= 0.3 is 0 Å². The number of aromatic hydroxyl groups is 1. The number of fused-ring (bicyclic) bond motifs is 1. The Morgan fingerprint density at radius 1 is 1.35 bits per heavy atom. The van der Waals surface area contributed by atoms with Crippen LogP contribution >= 0.6 is 24.0 Å². The zero-order valence-electron chi connectivity index (χ0n) is 13.8. The molecule has 1 aliphatic carbocycles. The highest BCUT2D eigenvalue weighted by Gasteiger charge is 2.15. The fraction of sp³-hybridized carbons (Fsp3) is 0.588. The highest BCUT2D eigenvalue weighted by atomic mass is 127. The second kappa shape index (κ2) is 10.7. The van der Waals surface area contributed by atoms with Crippen molar-refractivity contribution in [1.29, 1.82) is 0 Å². The Hall–Kier alpha value is -1.02. The quantitative estimate of drug-likeness (QED) is 0.268. The van der Waals surface area contributed by atoms with Gasteiger partial charge in [0.25, 0.3) is 0 Å². The van der Waals surface area contributed by atoms with Crippen molar-refractivity contribution < 1.29 is 9.84 Å². The van der Waals surface area contributed by atoms with Gasteiger partial charge in [-0.2, -0.15) is 0 Å². The zero-order valence-corrected chi connectivity index (χ0v) is 16.1. The van der Waals surface area contributed by atoms with Crippen LogP contribution in [0.4, 0.5) is 0 Å². The molecule has 1 aromatic rings. The van der Waals surface area contributed by atoms with Crippen LogP contribution in [-0.2, 0) is 24.1 Å². The van der Waals surface area contributed by atoms with Gasteiger partial charge in [-0.15, -0.1) is 24.0 Å². The van der Waals surface area contributed by atoms with E-state index in [9.17, 15) is 5.11 Å². The van der Waals surface area contributed by atoms with Crippen LogP contribution in [0.2, 0.25) is 0 Å². The third-order valence-electron chi connectivity index (χ3n) is 4.01. The molecule has 0 unspecified atom stereocenters. The number of halogens is 1. The van der Waals surface area contributed by atoms with E-state index >= 15 is 0 Å². The largest absolute Gasteiger partial charge is 0.508 e. The summed E-state index contributed by atoms with van der Waals surface area (Å²) in [6.07, 6.45) is 5.42. The number of hydrogen-bond donors (Lipinski definition) is 3. The molecule has 0 saturated carbocycles. The number of rotatable bonds is 7. The zero-order chi connectivity index (χ0) is 15.8. The van der Waals surface area contributed by atoms with E-state index in [2.05, 4.69) is 10.3 Å². The first-order chi connectivity index (χ1) is 10.7. The van der Waals surface area contributed by atoms with Crippen molar-refractivity contribution in [2.45, 2.75) is 45.6 Å². The van der Waals surface area contributed by atoms with Crippen LogP contribution in [0, 0.1) is 0 Å². The lowest BCUT2D eigenvalue weighted by molar-refractivity contribution is 0.145. The van der Waals surface area contributed by atoms with E-state index in [-0.39, 0.29) is 24.0 Å². The highest BCUT2D eigenvalue weighted by molar-refractivity contribution is 14.0. The number of aryl methyl sites for hydroxylation is 1. The number of nitrogens with one attached hydrogen (secondary N) is 1. The maximum absolute atomic E-state index is 10.1. The van der Waals surface area contributed by atoms with Crippen LogP contribution in [0.1, 0.15) is 42.9 Å². The number of phenols is 1. The summed E-state index contributed by atoms with van der Waals surface area (Å²) in [4.78, 5) is 4.36. The van der Waals surface area contributed by atoms with Crippen LogP contribution in [0.5, 0.6) is 5.75 Å². The lowest BCUT2D eigenvalue weighted by atomic mass is 9.88. The van der Waals surface area contributed by atoms with Crippen LogP contribution in [0.25, 0.3) is 0 Å². The summed E-state index contributed by atoms with van der Waals surface area (Å²) in [5.74, 6) is 0.748. The van der Waals surface area contributed by atoms with Crippen LogP contribution in [0.3, 0.4) is 0 Å². The molecule has 0 atom stereocenters. The minimum absolute atomic E-state index is 0. The summed E-state index contributed by atoms with van der Waals surface area (Å²) in [5, 5.41) is 13.2. The van der Waals surface area contributed by atoms with Crippen molar-refractivity contribution in [3.63, 3.8) is 0 Å². The van der Waals surface area contributed by atoms with Gasteiger partial charge in [-0.25, -0.2) is 4.99 Å². The molecule has 5 nitrogen and oxygen atoms in total. The number of guanidine groups is 1. The Kier molecular flexibility index (Phi) is 9.31. The smallest absolute Gasteiger partial charge is 0.188 e. The molecule has 130 valence electrons. The number of ether oxygens (including phenoxy) is 1. The van der Waals surface area contributed by atoms with Gasteiger partial charge in [-0.05, 0) is 56.2 Å². The molecule has 6 heteroatoms. The molecule has 0 bridgehead atoms. The molecule has 4 N–H and O–H groups in total. The molecule has 2 rings (SSSR count). The number of nitrogens with zero attached hydrogens (tertiary/aromatic N) is 1. The number of hydrogen-bond acceptors (Lipinski definition) is 3. The second-order valence-electron chi connectivity index (χ2n) is 5.59. The van der Waals surface area contributed by atoms with E-state index in [1.54, 1.807) is 6.07 Å². The second-order valence-corrected chi connectivity index (χ2v) is 5.59. The molecule has 0 spiro atoms. The van der Waals surface area contributed by atoms with E-state index in [0.29, 0.717) is 18.3 Å². The molecule has 0 amide bonds. The van der Waals surface area contributed by atoms with E-state index < -0.39 is 0 Å². The fourth-order valence-electron chi connectivity index (χ4n) is 2.82. The molecular formula is C17H28IN3O2. The van der Waals surface area contributed by atoms with Gasteiger partial charge in [0.15, 0.2) is 5.96 Å². The lowest BCUT2D eigenvalue weighted by Crippen LogP contribution is -2.32. The number of benzene rings is 1. The Balaban J connectivity index is 0.00000264. The first-order valence-corrected chi connectivity index (χ1v) is 8.16. The normalized spacial score (nSPS) is 14.0. The van der Waals surface area contributed by atoms with Crippen LogP contribution < -0.4 is 11.1 Å². The van der Waals surface area contributed by atoms with Crippen molar-refractivity contribution in [2.75, 3.05) is 19.8 Å². The van der Waals surface area contributed by atoms with E-state index in [4.69, 9.17) is 10.5 Å². The van der Waals surface area contributed by atoms with Gasteiger partial charge in [-0.1, -0.05) is 6.07 Å². The molecule has 0 aromatic heterocycles. The van der Waals surface area contributed by atoms with Gasteiger partial charge in [0.2, 0.25) is 0 Å². The Labute approximate surface area is 155 Å². The van der Waals surface area contributed by atoms with Gasteiger partial charge in [-0.3, -0.25) is 0 Å². The van der Waals surface area contributed by atoms with Gasteiger partial charge < -0.3 is 20.9 Å². The van der Waals surface area contributed by atoms with E-state index in [0.717, 1.165) is 44.6 Å². The fourth-order valence-corrected chi connectivity index (χ4v) is 2.82. The SMILES string of the molecule is CCOCCCNC(N)=NCc1c(O)ccc2c1CCCC2.I. The first-order valence-electron chi connectivity index (χ1n) is 8.16. The summed E-state index contributed by atoms with van der Waals surface area (Å²) in [6.45, 7) is 4.62. The van der Waals surface area contributed by atoms with E-state index in [1.165, 1.54) is 24.0 Å². The van der Waals surface area contributed by atoms with Gasteiger partial charge in [0.05, 0.1) is 6.54 Å². The Morgan fingerprint density at radius 3 is 2.91 bits per heavy atom. The molecular weight excluding hydrogens is 405 g/mol. The Morgan fingerprint density at radius 2 is 2.13 bits per heavy atom. The number of aliphatic imine (C=N–C) groups is 1. The molecule has 0 radical (unpaired) electrons. The molecule has 0 aliphatic heterocycles. The van der Waals surface area contributed by atoms with Gasteiger partial charge in [0.1, 0.15) is 5.75 Å². The monoisotopic (exact) mass is 433 g/mol. The summed E-state index contributed by atoms with van der Waals surface area (Å²) < 4.78 is 5.27. The highest BCUT2D eigenvalue weighted by Crippen LogP contribution is 2.30. The maximum Gasteiger partial charge on any atom is 0.188 e. The standard InChI is InChI=1S/C17H27N3O2.HI/c1-2-22-11-5-10-19-17(18)20-12-15-14-7-4-3-6-13(14)8-9-16(15)21;/h8-9,21H,2-7,10-12H2,1H3,(H3,18,19,20);1H. The Bertz CT molecular complexity index is 521. The summed E-state index contributed by atoms with van der Waals surface area (Å²) in [5.41, 5.74) is 9.41. The average molecular weight is 433 g/mol. The number of nitrogens with two attached hydrogens (primary N) is 1. The molecule has 0 heterocycles. The summed E-state index contributed by atoms with van der Waals surface area (Å²) >= 11 is 0. The third-order valence-corrected chi connectivity index (χ3v) is 4.01. The summed E-state index contributed by atoms with van der Waals surface area (Å²) in [7, 11) is 0.